The van der Waals surface area contributed by atoms with Crippen LogP contribution in [-0.2, 0) is 11.3 Å². The summed E-state index contributed by atoms with van der Waals surface area (Å²) in [5, 5.41) is 2.89. The van der Waals surface area contributed by atoms with E-state index < -0.39 is 0 Å². The predicted molar refractivity (Wildman–Crippen MR) is 76.8 cm³/mol. The van der Waals surface area contributed by atoms with Gasteiger partial charge in [0, 0.05) is 24.7 Å². The molecule has 0 aliphatic heterocycles. The predicted octanol–water partition coefficient (Wildman–Crippen LogP) is 1.84. The number of carbonyl (C=O) groups excluding carboxylic acids is 1. The van der Waals surface area contributed by atoms with Gasteiger partial charge in [0.25, 0.3) is 0 Å². The molecule has 1 aromatic carbocycles. The first-order chi connectivity index (χ1) is 8.97. The first-order valence-corrected chi connectivity index (χ1v) is 6.49. The molecule has 0 aliphatic rings. The number of aryl methyl sites for hydroxylation is 2. The number of amides is 1. The summed E-state index contributed by atoms with van der Waals surface area (Å²) in [7, 11) is 0. The average molecular weight is 260 g/mol. The van der Waals surface area contributed by atoms with E-state index >= 15 is 0 Å². The van der Waals surface area contributed by atoms with Crippen molar-refractivity contribution in [1.29, 1.82) is 0 Å². The molecule has 1 amide bonds. The highest BCUT2D eigenvalue weighted by molar-refractivity contribution is 5.80. The fourth-order valence-corrected chi connectivity index (χ4v) is 2.16. The molecule has 1 aromatic heterocycles. The van der Waals surface area contributed by atoms with Crippen LogP contribution >= 0.6 is 0 Å². The monoisotopic (exact) mass is 260 g/mol. The summed E-state index contributed by atoms with van der Waals surface area (Å²) in [5.41, 5.74) is 8.34. The highest BCUT2D eigenvalue weighted by atomic mass is 16.1. The summed E-state index contributed by atoms with van der Waals surface area (Å²) in [6, 6.07) is 5.83. The van der Waals surface area contributed by atoms with E-state index in [0.717, 1.165) is 16.9 Å². The van der Waals surface area contributed by atoms with E-state index in [2.05, 4.69) is 14.9 Å². The molecule has 0 saturated carbocycles. The summed E-state index contributed by atoms with van der Waals surface area (Å²) in [4.78, 5) is 16.1. The third-order valence-corrected chi connectivity index (χ3v) is 2.98. The second-order valence-corrected chi connectivity index (χ2v) is 5.03. The summed E-state index contributed by atoms with van der Waals surface area (Å²) in [6.07, 6.45) is 0.453. The lowest BCUT2D eigenvalue weighted by Crippen LogP contribution is -2.30. The lowest BCUT2D eigenvalue weighted by molar-refractivity contribution is -0.121. The third kappa shape index (κ3) is 3.05. The van der Waals surface area contributed by atoms with Gasteiger partial charge < -0.3 is 15.6 Å². The minimum absolute atomic E-state index is 0.0618. The van der Waals surface area contributed by atoms with Gasteiger partial charge in [-0.05, 0) is 39.0 Å². The van der Waals surface area contributed by atoms with Crippen LogP contribution in [-0.4, -0.2) is 21.5 Å². The van der Waals surface area contributed by atoms with Crippen LogP contribution in [0.4, 0.5) is 5.69 Å². The summed E-state index contributed by atoms with van der Waals surface area (Å²) >= 11 is 0. The van der Waals surface area contributed by atoms with Crippen molar-refractivity contribution in [3.63, 3.8) is 0 Å². The maximum atomic E-state index is 11.7. The fraction of sp³-hybridized carbons (Fsp3) is 0.429. The molecule has 0 aliphatic carbocycles. The van der Waals surface area contributed by atoms with Crippen LogP contribution in [0.5, 0.6) is 0 Å². The molecular formula is C14H20N4O. The Labute approximate surface area is 112 Å². The number of fused-ring (bicyclic) bond motifs is 1. The van der Waals surface area contributed by atoms with Crippen molar-refractivity contribution >= 4 is 22.6 Å². The molecule has 5 heteroatoms. The van der Waals surface area contributed by atoms with E-state index in [1.807, 2.05) is 39.0 Å². The molecule has 0 saturated heterocycles. The van der Waals surface area contributed by atoms with Crippen LogP contribution in [0.1, 0.15) is 26.1 Å². The van der Waals surface area contributed by atoms with Crippen molar-refractivity contribution in [2.75, 3.05) is 5.73 Å². The SMILES string of the molecule is Cc1nc2cc(N)ccc2n1CCC(=O)NC(C)C. The van der Waals surface area contributed by atoms with Crippen LogP contribution in [0.3, 0.4) is 0 Å². The van der Waals surface area contributed by atoms with Crippen LogP contribution in [0.2, 0.25) is 0 Å². The van der Waals surface area contributed by atoms with Crippen molar-refractivity contribution in [2.24, 2.45) is 0 Å². The van der Waals surface area contributed by atoms with Crippen molar-refractivity contribution in [3.05, 3.63) is 24.0 Å². The van der Waals surface area contributed by atoms with Crippen LogP contribution in [0.15, 0.2) is 18.2 Å². The molecule has 0 unspecified atom stereocenters. The number of aromatic nitrogens is 2. The quantitative estimate of drug-likeness (QED) is 0.824. The number of rotatable bonds is 4. The van der Waals surface area contributed by atoms with E-state index in [4.69, 9.17) is 5.73 Å². The van der Waals surface area contributed by atoms with Gasteiger partial charge in [0.05, 0.1) is 11.0 Å². The van der Waals surface area contributed by atoms with E-state index in [1.54, 1.807) is 0 Å². The normalized spacial score (nSPS) is 11.2. The van der Waals surface area contributed by atoms with E-state index in [-0.39, 0.29) is 11.9 Å². The molecule has 1 heterocycles. The van der Waals surface area contributed by atoms with Crippen molar-refractivity contribution in [1.82, 2.24) is 14.9 Å². The molecule has 5 nitrogen and oxygen atoms in total. The zero-order valence-corrected chi connectivity index (χ0v) is 11.6. The highest BCUT2D eigenvalue weighted by Crippen LogP contribution is 2.19. The summed E-state index contributed by atoms with van der Waals surface area (Å²) in [5.74, 6) is 0.963. The molecule has 2 aromatic rings. The van der Waals surface area contributed by atoms with E-state index in [9.17, 15) is 4.79 Å². The van der Waals surface area contributed by atoms with E-state index in [0.29, 0.717) is 18.7 Å². The number of hydrogen-bond acceptors (Lipinski definition) is 3. The Kier molecular flexibility index (Phi) is 3.74. The maximum absolute atomic E-state index is 11.7. The van der Waals surface area contributed by atoms with Gasteiger partial charge in [0.1, 0.15) is 5.82 Å². The molecule has 0 bridgehead atoms. The first-order valence-electron chi connectivity index (χ1n) is 6.49. The first kappa shape index (κ1) is 13.4. The zero-order chi connectivity index (χ0) is 14.0. The lowest BCUT2D eigenvalue weighted by atomic mass is 10.2. The van der Waals surface area contributed by atoms with Crippen molar-refractivity contribution < 1.29 is 4.79 Å². The molecule has 0 radical (unpaired) electrons. The number of hydrogen-bond donors (Lipinski definition) is 2. The Balaban J connectivity index is 2.16. The van der Waals surface area contributed by atoms with Gasteiger partial charge in [-0.1, -0.05) is 0 Å². The molecule has 0 atom stereocenters. The Morgan fingerprint density at radius 2 is 2.21 bits per heavy atom. The Hall–Kier alpha value is -2.04. The second kappa shape index (κ2) is 5.30. The summed E-state index contributed by atoms with van der Waals surface area (Å²) < 4.78 is 2.05. The number of imidazole rings is 1. The van der Waals surface area contributed by atoms with Gasteiger partial charge in [0.2, 0.25) is 5.91 Å². The minimum Gasteiger partial charge on any atom is -0.399 e. The zero-order valence-electron chi connectivity index (χ0n) is 11.6. The van der Waals surface area contributed by atoms with Gasteiger partial charge in [-0.25, -0.2) is 4.98 Å². The number of nitrogens with two attached hydrogens (primary N) is 1. The molecule has 0 fully saturated rings. The van der Waals surface area contributed by atoms with Crippen LogP contribution in [0.25, 0.3) is 11.0 Å². The van der Waals surface area contributed by atoms with Gasteiger partial charge >= 0.3 is 0 Å². The lowest BCUT2D eigenvalue weighted by Gasteiger charge is -2.10. The Morgan fingerprint density at radius 3 is 2.89 bits per heavy atom. The number of nitrogen functional groups attached to an aromatic ring is 1. The smallest absolute Gasteiger partial charge is 0.221 e. The van der Waals surface area contributed by atoms with E-state index in [1.165, 1.54) is 0 Å². The fourth-order valence-electron chi connectivity index (χ4n) is 2.16. The molecule has 3 N–H and O–H groups in total. The van der Waals surface area contributed by atoms with Crippen LogP contribution < -0.4 is 11.1 Å². The van der Waals surface area contributed by atoms with Gasteiger partial charge in [-0.2, -0.15) is 0 Å². The van der Waals surface area contributed by atoms with Gasteiger partial charge in [-0.3, -0.25) is 4.79 Å². The number of benzene rings is 1. The molecular weight excluding hydrogens is 240 g/mol. The number of nitrogens with zero attached hydrogens (tertiary/aromatic N) is 2. The topological polar surface area (TPSA) is 72.9 Å². The number of nitrogens with one attached hydrogen (secondary N) is 1. The van der Waals surface area contributed by atoms with Crippen LogP contribution in [0, 0.1) is 6.92 Å². The molecule has 0 spiro atoms. The van der Waals surface area contributed by atoms with Crippen molar-refractivity contribution in [2.45, 2.75) is 39.8 Å². The Morgan fingerprint density at radius 1 is 1.47 bits per heavy atom. The average Bonchev–Trinajstić information content (AvgIpc) is 2.60. The maximum Gasteiger partial charge on any atom is 0.221 e. The standard InChI is InChI=1S/C14H20N4O/c1-9(2)16-14(19)6-7-18-10(3)17-12-8-11(15)4-5-13(12)18/h4-5,8-9H,6-7,15H2,1-3H3,(H,16,19). The Bertz CT molecular complexity index is 601. The van der Waals surface area contributed by atoms with Gasteiger partial charge in [-0.15, -0.1) is 0 Å². The van der Waals surface area contributed by atoms with Gasteiger partial charge in [0.15, 0.2) is 0 Å². The largest absolute Gasteiger partial charge is 0.399 e. The number of carbonyl (C=O) groups is 1. The molecule has 102 valence electrons. The van der Waals surface area contributed by atoms with Crippen molar-refractivity contribution in [3.8, 4) is 0 Å². The molecule has 19 heavy (non-hydrogen) atoms. The molecule has 2 rings (SSSR count). The highest BCUT2D eigenvalue weighted by Gasteiger charge is 2.09. The minimum atomic E-state index is 0.0618. The third-order valence-electron chi connectivity index (χ3n) is 2.98. The number of anilines is 1. The summed E-state index contributed by atoms with van der Waals surface area (Å²) in [6.45, 7) is 6.48. The second-order valence-electron chi connectivity index (χ2n) is 5.03.